The largest absolute Gasteiger partial charge is 0.481 e. The number of aliphatic carboxylic acids is 1. The minimum atomic E-state index is -0.722. The molecule has 1 aromatic heterocycles. The van der Waals surface area contributed by atoms with Crippen LogP contribution in [0.4, 0.5) is 0 Å². The number of aromatic nitrogens is 1. The Morgan fingerprint density at radius 1 is 1.44 bits per heavy atom. The topological polar surface area (TPSA) is 53.4 Å². The lowest BCUT2D eigenvalue weighted by molar-refractivity contribution is -0.137. The number of hydrogen-bond acceptors (Lipinski definition) is 3. The molecular formula is C12H18N2O2. The second-order valence-corrected chi connectivity index (χ2v) is 3.72. The van der Waals surface area contributed by atoms with Crippen LogP contribution in [-0.4, -0.2) is 34.0 Å². The molecule has 0 aromatic carbocycles. The van der Waals surface area contributed by atoms with Crippen molar-refractivity contribution < 1.29 is 9.90 Å². The highest BCUT2D eigenvalue weighted by atomic mass is 16.4. The molecule has 0 amide bonds. The first kappa shape index (κ1) is 12.6. The highest BCUT2D eigenvalue weighted by molar-refractivity contribution is 5.66. The lowest BCUT2D eigenvalue weighted by atomic mass is 10.2. The maximum absolute atomic E-state index is 10.4. The van der Waals surface area contributed by atoms with Crippen LogP contribution >= 0.6 is 0 Å². The molecule has 0 fully saturated rings. The highest BCUT2D eigenvalue weighted by Crippen LogP contribution is 2.04. The van der Waals surface area contributed by atoms with Crippen LogP contribution in [0, 0.1) is 0 Å². The van der Waals surface area contributed by atoms with Crippen molar-refractivity contribution in [2.75, 3.05) is 13.1 Å². The van der Waals surface area contributed by atoms with Crippen LogP contribution in [0.25, 0.3) is 0 Å². The second kappa shape index (κ2) is 6.95. The van der Waals surface area contributed by atoms with E-state index in [2.05, 4.69) is 16.8 Å². The van der Waals surface area contributed by atoms with Gasteiger partial charge >= 0.3 is 5.97 Å². The van der Waals surface area contributed by atoms with Gasteiger partial charge in [-0.15, -0.1) is 0 Å². The Bertz CT molecular complexity index is 314. The summed E-state index contributed by atoms with van der Waals surface area (Å²) >= 11 is 0. The van der Waals surface area contributed by atoms with Crippen LogP contribution in [0.1, 0.15) is 25.3 Å². The van der Waals surface area contributed by atoms with Gasteiger partial charge in [0.05, 0.1) is 0 Å². The average molecular weight is 222 g/mol. The SMILES string of the molecule is CCN(CCCC(=O)O)Cc1ccncc1. The molecule has 0 unspecified atom stereocenters. The maximum atomic E-state index is 10.4. The minimum absolute atomic E-state index is 0.243. The molecule has 16 heavy (non-hydrogen) atoms. The van der Waals surface area contributed by atoms with Crippen molar-refractivity contribution in [2.24, 2.45) is 0 Å². The van der Waals surface area contributed by atoms with Gasteiger partial charge in [0.15, 0.2) is 0 Å². The lowest BCUT2D eigenvalue weighted by Crippen LogP contribution is -2.24. The molecule has 0 saturated carbocycles. The summed E-state index contributed by atoms with van der Waals surface area (Å²) in [5.41, 5.74) is 1.21. The zero-order valence-corrected chi connectivity index (χ0v) is 9.59. The molecule has 0 saturated heterocycles. The van der Waals surface area contributed by atoms with E-state index in [1.54, 1.807) is 12.4 Å². The van der Waals surface area contributed by atoms with Crippen LogP contribution in [0.5, 0.6) is 0 Å². The van der Waals surface area contributed by atoms with Gasteiger partial charge in [-0.25, -0.2) is 0 Å². The third kappa shape index (κ3) is 4.89. The molecule has 0 spiro atoms. The summed E-state index contributed by atoms with van der Waals surface area (Å²) < 4.78 is 0. The van der Waals surface area contributed by atoms with Crippen molar-refractivity contribution in [1.29, 1.82) is 0 Å². The Kier molecular flexibility index (Phi) is 5.50. The Hall–Kier alpha value is -1.42. The fourth-order valence-electron chi connectivity index (χ4n) is 1.55. The van der Waals surface area contributed by atoms with E-state index in [0.29, 0.717) is 6.42 Å². The van der Waals surface area contributed by atoms with Gasteiger partial charge in [0.2, 0.25) is 0 Å². The van der Waals surface area contributed by atoms with E-state index < -0.39 is 5.97 Å². The summed E-state index contributed by atoms with van der Waals surface area (Å²) in [7, 11) is 0. The molecule has 0 bridgehead atoms. The average Bonchev–Trinajstić information content (AvgIpc) is 2.28. The molecular weight excluding hydrogens is 204 g/mol. The van der Waals surface area contributed by atoms with Crippen LogP contribution in [0.15, 0.2) is 24.5 Å². The fourth-order valence-corrected chi connectivity index (χ4v) is 1.55. The first-order valence-corrected chi connectivity index (χ1v) is 5.55. The third-order valence-corrected chi connectivity index (χ3v) is 2.47. The molecule has 0 aliphatic carbocycles. The van der Waals surface area contributed by atoms with E-state index >= 15 is 0 Å². The summed E-state index contributed by atoms with van der Waals surface area (Å²) in [5, 5.41) is 8.56. The summed E-state index contributed by atoms with van der Waals surface area (Å²) in [4.78, 5) is 16.6. The van der Waals surface area contributed by atoms with Gasteiger partial charge in [-0.05, 0) is 37.2 Å². The molecule has 1 heterocycles. The molecule has 1 N–H and O–H groups in total. The van der Waals surface area contributed by atoms with Crippen LogP contribution in [-0.2, 0) is 11.3 Å². The summed E-state index contributed by atoms with van der Waals surface area (Å²) in [6, 6.07) is 3.97. The summed E-state index contributed by atoms with van der Waals surface area (Å²) in [6.07, 6.45) is 4.50. The standard InChI is InChI=1S/C12H18N2O2/c1-2-14(9-3-4-12(15)16)10-11-5-7-13-8-6-11/h5-8H,2-4,9-10H2,1H3,(H,15,16). The zero-order valence-electron chi connectivity index (χ0n) is 9.59. The number of carbonyl (C=O) groups is 1. The molecule has 0 aliphatic heterocycles. The van der Waals surface area contributed by atoms with E-state index in [0.717, 1.165) is 19.6 Å². The number of carboxylic acids is 1. The van der Waals surface area contributed by atoms with Crippen molar-refractivity contribution in [3.05, 3.63) is 30.1 Å². The quantitative estimate of drug-likeness (QED) is 0.764. The van der Waals surface area contributed by atoms with Gasteiger partial charge in [0.1, 0.15) is 0 Å². The molecule has 4 nitrogen and oxygen atoms in total. The first-order chi connectivity index (χ1) is 7.72. The Labute approximate surface area is 95.9 Å². The Balaban J connectivity index is 2.34. The van der Waals surface area contributed by atoms with Gasteiger partial charge < -0.3 is 5.11 Å². The van der Waals surface area contributed by atoms with Crippen LogP contribution in [0.2, 0.25) is 0 Å². The fraction of sp³-hybridized carbons (Fsp3) is 0.500. The normalized spacial score (nSPS) is 10.6. The predicted octanol–water partition coefficient (Wildman–Crippen LogP) is 1.77. The van der Waals surface area contributed by atoms with Crippen molar-refractivity contribution in [1.82, 2.24) is 9.88 Å². The molecule has 0 radical (unpaired) electrons. The van der Waals surface area contributed by atoms with E-state index in [4.69, 9.17) is 5.11 Å². The van der Waals surface area contributed by atoms with Crippen molar-refractivity contribution in [3.63, 3.8) is 0 Å². The number of pyridine rings is 1. The van der Waals surface area contributed by atoms with Gasteiger partial charge in [-0.1, -0.05) is 6.92 Å². The van der Waals surface area contributed by atoms with E-state index in [9.17, 15) is 4.79 Å². The van der Waals surface area contributed by atoms with Gasteiger partial charge in [0.25, 0.3) is 0 Å². The van der Waals surface area contributed by atoms with Crippen molar-refractivity contribution >= 4 is 5.97 Å². The maximum Gasteiger partial charge on any atom is 0.303 e. The highest BCUT2D eigenvalue weighted by Gasteiger charge is 2.04. The summed E-state index contributed by atoms with van der Waals surface area (Å²) in [6.45, 7) is 4.70. The van der Waals surface area contributed by atoms with E-state index in [1.807, 2.05) is 12.1 Å². The summed E-state index contributed by atoms with van der Waals surface area (Å²) in [5.74, 6) is -0.722. The molecule has 0 atom stereocenters. The van der Waals surface area contributed by atoms with Gasteiger partial charge in [0, 0.05) is 25.4 Å². The number of hydrogen-bond donors (Lipinski definition) is 1. The van der Waals surface area contributed by atoms with Gasteiger partial charge in [-0.2, -0.15) is 0 Å². The zero-order chi connectivity index (χ0) is 11.8. The molecule has 0 aliphatic rings. The first-order valence-electron chi connectivity index (χ1n) is 5.55. The van der Waals surface area contributed by atoms with Crippen LogP contribution in [0.3, 0.4) is 0 Å². The molecule has 1 rings (SSSR count). The number of carboxylic acid groups (broad SMARTS) is 1. The second-order valence-electron chi connectivity index (χ2n) is 3.72. The van der Waals surface area contributed by atoms with Crippen LogP contribution < -0.4 is 0 Å². The number of rotatable bonds is 7. The van der Waals surface area contributed by atoms with Crippen molar-refractivity contribution in [3.8, 4) is 0 Å². The third-order valence-electron chi connectivity index (χ3n) is 2.47. The smallest absolute Gasteiger partial charge is 0.303 e. The molecule has 88 valence electrons. The Morgan fingerprint density at radius 2 is 2.12 bits per heavy atom. The van der Waals surface area contributed by atoms with Crippen molar-refractivity contribution in [2.45, 2.75) is 26.3 Å². The molecule has 1 aromatic rings. The van der Waals surface area contributed by atoms with E-state index in [1.165, 1.54) is 5.56 Å². The Morgan fingerprint density at radius 3 is 2.69 bits per heavy atom. The predicted molar refractivity (Wildman–Crippen MR) is 62.1 cm³/mol. The number of nitrogens with zero attached hydrogens (tertiary/aromatic N) is 2. The van der Waals surface area contributed by atoms with E-state index in [-0.39, 0.29) is 6.42 Å². The minimum Gasteiger partial charge on any atom is -0.481 e. The molecule has 4 heteroatoms. The van der Waals surface area contributed by atoms with Gasteiger partial charge in [-0.3, -0.25) is 14.7 Å². The monoisotopic (exact) mass is 222 g/mol. The lowest BCUT2D eigenvalue weighted by Gasteiger charge is -2.19.